The zero-order valence-corrected chi connectivity index (χ0v) is 8.22. The minimum absolute atomic E-state index is 0.128. The molecule has 0 aliphatic carbocycles. The lowest BCUT2D eigenvalue weighted by molar-refractivity contribution is -0.0168. The molecule has 5 nitrogen and oxygen atoms in total. The third kappa shape index (κ3) is 9.83. The summed E-state index contributed by atoms with van der Waals surface area (Å²) >= 11 is 0. The van der Waals surface area contributed by atoms with E-state index in [2.05, 4.69) is 4.18 Å². The van der Waals surface area contributed by atoms with E-state index in [0.717, 1.165) is 0 Å². The Hall–Kier alpha value is -0.170. The fourth-order valence-electron chi connectivity index (χ4n) is 0.487. The van der Waals surface area contributed by atoms with E-state index >= 15 is 0 Å². The van der Waals surface area contributed by atoms with Crippen molar-refractivity contribution < 1.29 is 21.9 Å². The fraction of sp³-hybridized carbons (Fsp3) is 1.00. The van der Waals surface area contributed by atoms with E-state index in [-0.39, 0.29) is 18.8 Å². The minimum atomic E-state index is -4.32. The van der Waals surface area contributed by atoms with E-state index in [1.165, 1.54) is 0 Å². The van der Waals surface area contributed by atoms with Crippen LogP contribution in [-0.4, -0.2) is 31.8 Å². The van der Waals surface area contributed by atoms with Crippen LogP contribution in [0, 0.1) is 0 Å². The van der Waals surface area contributed by atoms with Crippen LogP contribution in [0.3, 0.4) is 0 Å². The standard InChI is InChI=1S/C6H14O5S/c1-6(2,3)10-4-5-11-12(7,8)9/h4-5H2,1-3H3,(H,7,8,9). The summed E-state index contributed by atoms with van der Waals surface area (Å²) in [6, 6.07) is 0. The quantitative estimate of drug-likeness (QED) is 0.529. The largest absolute Gasteiger partial charge is 0.397 e. The normalized spacial score (nSPS) is 13.3. The summed E-state index contributed by atoms with van der Waals surface area (Å²) in [7, 11) is -4.32. The molecule has 0 rings (SSSR count). The van der Waals surface area contributed by atoms with Crippen molar-refractivity contribution in [3.05, 3.63) is 0 Å². The molecule has 0 unspecified atom stereocenters. The van der Waals surface area contributed by atoms with Crippen LogP contribution >= 0.6 is 0 Å². The first-order valence-corrected chi connectivity index (χ1v) is 4.83. The highest BCUT2D eigenvalue weighted by molar-refractivity contribution is 7.80. The van der Waals surface area contributed by atoms with E-state index in [9.17, 15) is 8.42 Å². The summed E-state index contributed by atoms with van der Waals surface area (Å²) in [5.74, 6) is 0. The van der Waals surface area contributed by atoms with E-state index in [1.807, 2.05) is 20.8 Å². The highest BCUT2D eigenvalue weighted by Crippen LogP contribution is 2.05. The third-order valence-electron chi connectivity index (χ3n) is 0.851. The molecule has 0 aromatic heterocycles. The molecule has 0 aromatic carbocycles. The van der Waals surface area contributed by atoms with E-state index in [1.54, 1.807) is 0 Å². The second-order valence-electron chi connectivity index (χ2n) is 3.21. The van der Waals surface area contributed by atoms with Crippen LogP contribution in [0.15, 0.2) is 0 Å². The molecule has 0 aromatic rings. The van der Waals surface area contributed by atoms with Gasteiger partial charge >= 0.3 is 10.4 Å². The second-order valence-corrected chi connectivity index (χ2v) is 4.30. The van der Waals surface area contributed by atoms with Gasteiger partial charge in [-0.2, -0.15) is 8.42 Å². The molecule has 1 N–H and O–H groups in total. The molecule has 0 saturated carbocycles. The van der Waals surface area contributed by atoms with Gasteiger partial charge in [0, 0.05) is 0 Å². The summed E-state index contributed by atoms with van der Waals surface area (Å²) in [6.45, 7) is 5.46. The maximum atomic E-state index is 10.0. The average molecular weight is 198 g/mol. The lowest BCUT2D eigenvalue weighted by Crippen LogP contribution is -2.22. The van der Waals surface area contributed by atoms with Crippen LogP contribution in [-0.2, 0) is 19.3 Å². The Morgan fingerprint density at radius 1 is 1.25 bits per heavy atom. The number of rotatable bonds is 4. The average Bonchev–Trinajstić information content (AvgIpc) is 1.76. The summed E-state index contributed by atoms with van der Waals surface area (Å²) in [5, 5.41) is 0. The molecule has 12 heavy (non-hydrogen) atoms. The Morgan fingerprint density at radius 2 is 1.75 bits per heavy atom. The van der Waals surface area contributed by atoms with Crippen molar-refractivity contribution in [1.29, 1.82) is 0 Å². The predicted octanol–water partition coefficient (Wildman–Crippen LogP) is 0.621. The van der Waals surface area contributed by atoms with Crippen LogP contribution in [0.4, 0.5) is 0 Å². The maximum Gasteiger partial charge on any atom is 0.397 e. The third-order valence-corrected chi connectivity index (χ3v) is 1.32. The summed E-state index contributed by atoms with van der Waals surface area (Å²) in [5.41, 5.74) is -0.331. The molecule has 74 valence electrons. The van der Waals surface area contributed by atoms with Gasteiger partial charge in [0.25, 0.3) is 0 Å². The topological polar surface area (TPSA) is 72.8 Å². The Balaban J connectivity index is 3.48. The van der Waals surface area contributed by atoms with E-state index in [4.69, 9.17) is 9.29 Å². The maximum absolute atomic E-state index is 10.0. The molecule has 0 saturated heterocycles. The Bertz CT molecular complexity index is 213. The van der Waals surface area contributed by atoms with Crippen molar-refractivity contribution in [1.82, 2.24) is 0 Å². The molecule has 0 spiro atoms. The molecule has 0 amide bonds. The first kappa shape index (κ1) is 11.8. The monoisotopic (exact) mass is 198 g/mol. The molecule has 6 heteroatoms. The van der Waals surface area contributed by atoms with Crippen molar-refractivity contribution in [2.24, 2.45) is 0 Å². The number of hydrogen-bond acceptors (Lipinski definition) is 4. The molecule has 0 radical (unpaired) electrons. The van der Waals surface area contributed by atoms with Gasteiger partial charge in [-0.1, -0.05) is 0 Å². The van der Waals surface area contributed by atoms with E-state index < -0.39 is 10.4 Å². The van der Waals surface area contributed by atoms with Crippen molar-refractivity contribution in [3.8, 4) is 0 Å². The Morgan fingerprint density at radius 3 is 2.08 bits per heavy atom. The van der Waals surface area contributed by atoms with Gasteiger partial charge in [-0.05, 0) is 20.8 Å². The molecular weight excluding hydrogens is 184 g/mol. The van der Waals surface area contributed by atoms with Crippen LogP contribution in [0.5, 0.6) is 0 Å². The van der Waals surface area contributed by atoms with Gasteiger partial charge in [0.05, 0.1) is 18.8 Å². The highest BCUT2D eigenvalue weighted by atomic mass is 32.3. The summed E-state index contributed by atoms with van der Waals surface area (Å²) in [6.07, 6.45) is 0. The summed E-state index contributed by atoms with van der Waals surface area (Å²) < 4.78 is 37.4. The van der Waals surface area contributed by atoms with Crippen LogP contribution in [0.25, 0.3) is 0 Å². The summed E-state index contributed by atoms with van der Waals surface area (Å²) in [4.78, 5) is 0. The lowest BCUT2D eigenvalue weighted by Gasteiger charge is -2.18. The molecule has 0 aliphatic rings. The van der Waals surface area contributed by atoms with Gasteiger partial charge in [-0.15, -0.1) is 0 Å². The predicted molar refractivity (Wildman–Crippen MR) is 43.2 cm³/mol. The molecule has 0 heterocycles. The first-order chi connectivity index (χ1) is 5.21. The van der Waals surface area contributed by atoms with Crippen molar-refractivity contribution in [3.63, 3.8) is 0 Å². The van der Waals surface area contributed by atoms with Gasteiger partial charge in [0.2, 0.25) is 0 Å². The van der Waals surface area contributed by atoms with Crippen LogP contribution < -0.4 is 0 Å². The molecular formula is C6H14O5S. The van der Waals surface area contributed by atoms with E-state index in [0.29, 0.717) is 0 Å². The molecule has 0 atom stereocenters. The SMILES string of the molecule is CC(C)(C)OCCOS(=O)(=O)O. The smallest absolute Gasteiger partial charge is 0.373 e. The van der Waals surface area contributed by atoms with Gasteiger partial charge in [-0.3, -0.25) is 4.55 Å². The number of ether oxygens (including phenoxy) is 1. The van der Waals surface area contributed by atoms with Crippen LogP contribution in [0.1, 0.15) is 20.8 Å². The highest BCUT2D eigenvalue weighted by Gasteiger charge is 2.10. The number of hydrogen-bond donors (Lipinski definition) is 1. The molecule has 0 fully saturated rings. The Kier molecular flexibility index (Phi) is 4.12. The Labute approximate surface area is 72.6 Å². The lowest BCUT2D eigenvalue weighted by atomic mass is 10.2. The van der Waals surface area contributed by atoms with Gasteiger partial charge in [0.15, 0.2) is 0 Å². The zero-order valence-electron chi connectivity index (χ0n) is 7.40. The first-order valence-electron chi connectivity index (χ1n) is 3.46. The second kappa shape index (κ2) is 4.18. The van der Waals surface area contributed by atoms with Gasteiger partial charge in [0.1, 0.15) is 0 Å². The molecule has 0 aliphatic heterocycles. The zero-order chi connectivity index (χ0) is 9.83. The fourth-order valence-corrected chi connectivity index (χ4v) is 0.766. The van der Waals surface area contributed by atoms with Crippen molar-refractivity contribution in [2.45, 2.75) is 26.4 Å². The van der Waals surface area contributed by atoms with Crippen molar-refractivity contribution in [2.75, 3.05) is 13.2 Å². The minimum Gasteiger partial charge on any atom is -0.373 e. The van der Waals surface area contributed by atoms with Gasteiger partial charge < -0.3 is 4.74 Å². The van der Waals surface area contributed by atoms with Gasteiger partial charge in [-0.25, -0.2) is 4.18 Å². The van der Waals surface area contributed by atoms with Crippen molar-refractivity contribution >= 4 is 10.4 Å². The molecule has 0 bridgehead atoms. The van der Waals surface area contributed by atoms with Crippen LogP contribution in [0.2, 0.25) is 0 Å².